The van der Waals surface area contributed by atoms with Gasteiger partial charge in [-0.15, -0.1) is 0 Å². The normalized spacial score (nSPS) is 15.6. The van der Waals surface area contributed by atoms with Gasteiger partial charge in [-0.2, -0.15) is 0 Å². The minimum atomic E-state index is -3.04. The van der Waals surface area contributed by atoms with Gasteiger partial charge in [0.15, 0.2) is 9.84 Å². The minimum absolute atomic E-state index is 0.00964. The third kappa shape index (κ3) is 4.74. The van der Waals surface area contributed by atoms with Gasteiger partial charge in [0, 0.05) is 42.8 Å². The van der Waals surface area contributed by atoms with Crippen LogP contribution in [-0.4, -0.2) is 58.9 Å². The molecule has 9 nitrogen and oxygen atoms in total. The Morgan fingerprint density at radius 2 is 1.87 bits per heavy atom. The fourth-order valence-corrected chi connectivity index (χ4v) is 4.43. The van der Waals surface area contributed by atoms with Crippen molar-refractivity contribution in [3.63, 3.8) is 0 Å². The molecule has 3 aromatic rings. The first kappa shape index (κ1) is 21.0. The first-order valence-corrected chi connectivity index (χ1v) is 11.6. The quantitative estimate of drug-likeness (QED) is 0.591. The second kappa shape index (κ2) is 8.46. The van der Waals surface area contributed by atoms with Crippen molar-refractivity contribution in [2.75, 3.05) is 24.6 Å². The number of nitrogens with zero attached hydrogens (tertiary/aromatic N) is 4. The van der Waals surface area contributed by atoms with Crippen molar-refractivity contribution in [3.05, 3.63) is 59.2 Å². The summed E-state index contributed by atoms with van der Waals surface area (Å²) in [5.41, 5.74) is 3.59. The molecule has 0 saturated carbocycles. The van der Waals surface area contributed by atoms with Crippen LogP contribution in [-0.2, 0) is 16.4 Å². The van der Waals surface area contributed by atoms with Gasteiger partial charge in [0.2, 0.25) is 5.88 Å². The van der Waals surface area contributed by atoms with Crippen LogP contribution in [0.3, 0.4) is 0 Å². The standard InChI is InChI=1S/C21H22N4O5S/c1-14-3-4-16(11-22-14)20-18(15(2)30-24-20)13-29-19-6-5-17(12-23-19)21(26)25-7-9-31(27,28)10-8-25/h3-6,11-12H,7-10,13H2,1-2H3. The van der Waals surface area contributed by atoms with Crippen LogP contribution in [0.4, 0.5) is 0 Å². The lowest BCUT2D eigenvalue weighted by molar-refractivity contribution is 0.0769. The fourth-order valence-electron chi connectivity index (χ4n) is 3.23. The second-order valence-corrected chi connectivity index (χ2v) is 9.68. The van der Waals surface area contributed by atoms with Crippen LogP contribution < -0.4 is 4.74 Å². The van der Waals surface area contributed by atoms with Gasteiger partial charge in [-0.3, -0.25) is 9.78 Å². The Bertz CT molecular complexity index is 1170. The molecule has 0 aliphatic carbocycles. The largest absolute Gasteiger partial charge is 0.473 e. The van der Waals surface area contributed by atoms with Crippen LogP contribution in [0.1, 0.15) is 27.4 Å². The zero-order valence-electron chi connectivity index (χ0n) is 17.2. The van der Waals surface area contributed by atoms with E-state index in [9.17, 15) is 13.2 Å². The van der Waals surface area contributed by atoms with Crippen LogP contribution in [0.25, 0.3) is 11.3 Å². The van der Waals surface area contributed by atoms with Crippen LogP contribution in [0.15, 0.2) is 41.2 Å². The molecule has 4 rings (SSSR count). The van der Waals surface area contributed by atoms with Crippen molar-refractivity contribution in [2.24, 2.45) is 0 Å². The molecule has 0 aromatic carbocycles. The molecule has 1 aliphatic heterocycles. The predicted octanol–water partition coefficient (Wildman–Crippen LogP) is 2.20. The first-order chi connectivity index (χ1) is 14.8. The Hall–Kier alpha value is -3.27. The Kier molecular flexibility index (Phi) is 5.73. The third-order valence-electron chi connectivity index (χ3n) is 5.15. The van der Waals surface area contributed by atoms with Gasteiger partial charge in [0.1, 0.15) is 18.1 Å². The highest BCUT2D eigenvalue weighted by Gasteiger charge is 2.26. The summed E-state index contributed by atoms with van der Waals surface area (Å²) in [6.07, 6.45) is 3.17. The number of carbonyl (C=O) groups is 1. The van der Waals surface area contributed by atoms with E-state index in [2.05, 4.69) is 15.1 Å². The van der Waals surface area contributed by atoms with E-state index in [0.717, 1.165) is 16.8 Å². The van der Waals surface area contributed by atoms with Gasteiger partial charge >= 0.3 is 0 Å². The number of carbonyl (C=O) groups excluding carboxylic acids is 1. The maximum atomic E-state index is 12.6. The molecule has 0 N–H and O–H groups in total. The van der Waals surface area contributed by atoms with Crippen LogP contribution >= 0.6 is 0 Å². The number of amides is 1. The molecule has 1 amide bonds. The first-order valence-electron chi connectivity index (χ1n) is 9.79. The molecular weight excluding hydrogens is 420 g/mol. The molecule has 1 saturated heterocycles. The van der Waals surface area contributed by atoms with Gasteiger partial charge in [-0.05, 0) is 32.0 Å². The maximum absolute atomic E-state index is 12.6. The van der Waals surface area contributed by atoms with Crippen molar-refractivity contribution < 1.29 is 22.5 Å². The van der Waals surface area contributed by atoms with Crippen molar-refractivity contribution in [2.45, 2.75) is 20.5 Å². The summed E-state index contributed by atoms with van der Waals surface area (Å²) in [6, 6.07) is 7.07. The number of pyridine rings is 2. The van der Waals surface area contributed by atoms with Crippen molar-refractivity contribution >= 4 is 15.7 Å². The highest BCUT2D eigenvalue weighted by atomic mass is 32.2. The molecule has 0 atom stereocenters. The van der Waals surface area contributed by atoms with Gasteiger partial charge < -0.3 is 14.2 Å². The molecule has 0 unspecified atom stereocenters. The van der Waals surface area contributed by atoms with E-state index in [1.807, 2.05) is 26.0 Å². The Morgan fingerprint density at radius 1 is 1.10 bits per heavy atom. The topological polar surface area (TPSA) is 115 Å². The van der Waals surface area contributed by atoms with Crippen LogP contribution in [0, 0.1) is 13.8 Å². The van der Waals surface area contributed by atoms with Crippen molar-refractivity contribution in [1.29, 1.82) is 0 Å². The average Bonchev–Trinajstić information content (AvgIpc) is 3.13. The molecule has 1 aliphatic rings. The number of rotatable bonds is 5. The van der Waals surface area contributed by atoms with Crippen LogP contribution in [0.5, 0.6) is 5.88 Å². The molecular formula is C21H22N4O5S. The highest BCUT2D eigenvalue weighted by molar-refractivity contribution is 7.91. The molecule has 3 aromatic heterocycles. The van der Waals surface area contributed by atoms with Gasteiger partial charge in [-0.1, -0.05) is 5.16 Å². The van der Waals surface area contributed by atoms with E-state index >= 15 is 0 Å². The lowest BCUT2D eigenvalue weighted by Gasteiger charge is -2.26. The summed E-state index contributed by atoms with van der Waals surface area (Å²) >= 11 is 0. The lowest BCUT2D eigenvalue weighted by Crippen LogP contribution is -2.43. The maximum Gasteiger partial charge on any atom is 0.255 e. The van der Waals surface area contributed by atoms with E-state index < -0.39 is 9.84 Å². The summed E-state index contributed by atoms with van der Waals surface area (Å²) in [6.45, 7) is 4.31. The van der Waals surface area contributed by atoms with Crippen molar-refractivity contribution in [1.82, 2.24) is 20.0 Å². The van der Waals surface area contributed by atoms with Gasteiger partial charge in [0.05, 0.1) is 22.6 Å². The second-order valence-electron chi connectivity index (χ2n) is 7.37. The van der Waals surface area contributed by atoms with E-state index in [4.69, 9.17) is 9.26 Å². The molecule has 4 heterocycles. The predicted molar refractivity (Wildman–Crippen MR) is 112 cm³/mol. The Morgan fingerprint density at radius 3 is 2.52 bits per heavy atom. The Balaban J connectivity index is 1.42. The van der Waals surface area contributed by atoms with Crippen molar-refractivity contribution in [3.8, 4) is 17.1 Å². The lowest BCUT2D eigenvalue weighted by atomic mass is 10.1. The third-order valence-corrected chi connectivity index (χ3v) is 6.76. The summed E-state index contributed by atoms with van der Waals surface area (Å²) in [4.78, 5) is 22.6. The van der Waals surface area contributed by atoms with Gasteiger partial charge in [0.25, 0.3) is 5.91 Å². The summed E-state index contributed by atoms with van der Waals surface area (Å²) in [7, 11) is -3.04. The summed E-state index contributed by atoms with van der Waals surface area (Å²) in [5, 5.41) is 4.12. The molecule has 1 fully saturated rings. The van der Waals surface area contributed by atoms with E-state index in [1.165, 1.54) is 11.1 Å². The number of sulfone groups is 1. The zero-order valence-corrected chi connectivity index (χ0v) is 18.1. The molecule has 162 valence electrons. The number of hydrogen-bond acceptors (Lipinski definition) is 8. The molecule has 31 heavy (non-hydrogen) atoms. The SMILES string of the molecule is Cc1ccc(-c2noc(C)c2COc2ccc(C(=O)N3CCS(=O)(=O)CC3)cn2)cn1. The minimum Gasteiger partial charge on any atom is -0.473 e. The van der Waals surface area contributed by atoms with E-state index in [1.54, 1.807) is 18.3 Å². The average molecular weight is 442 g/mol. The zero-order chi connectivity index (χ0) is 22.0. The highest BCUT2D eigenvalue weighted by Crippen LogP contribution is 2.26. The molecule has 0 radical (unpaired) electrons. The number of hydrogen-bond donors (Lipinski definition) is 0. The fraction of sp³-hybridized carbons (Fsp3) is 0.333. The van der Waals surface area contributed by atoms with Gasteiger partial charge in [-0.25, -0.2) is 13.4 Å². The van der Waals surface area contributed by atoms with E-state index in [-0.39, 0.29) is 37.1 Å². The smallest absolute Gasteiger partial charge is 0.255 e. The number of aryl methyl sites for hydroxylation is 2. The summed E-state index contributed by atoms with van der Waals surface area (Å²) in [5.74, 6) is 0.737. The Labute approximate surface area is 180 Å². The van der Waals surface area contributed by atoms with E-state index in [0.29, 0.717) is 22.9 Å². The van der Waals surface area contributed by atoms with Crippen LogP contribution in [0.2, 0.25) is 0 Å². The number of aromatic nitrogens is 3. The molecule has 0 bridgehead atoms. The molecule has 10 heteroatoms. The number of ether oxygens (including phenoxy) is 1. The summed E-state index contributed by atoms with van der Waals surface area (Å²) < 4.78 is 34.2. The monoisotopic (exact) mass is 442 g/mol. The molecule has 0 spiro atoms.